The van der Waals surface area contributed by atoms with Gasteiger partial charge in [0.05, 0.1) is 15.2 Å². The second-order valence-electron chi connectivity index (χ2n) is 4.27. The van der Waals surface area contributed by atoms with Crippen molar-refractivity contribution in [3.63, 3.8) is 0 Å². The van der Waals surface area contributed by atoms with Gasteiger partial charge in [0, 0.05) is 6.54 Å². The lowest BCUT2D eigenvalue weighted by atomic mass is 10.3. The van der Waals surface area contributed by atoms with Crippen molar-refractivity contribution in [3.05, 3.63) is 51.6 Å². The molecule has 0 saturated heterocycles. The van der Waals surface area contributed by atoms with Crippen LogP contribution in [-0.2, 0) is 6.61 Å². The van der Waals surface area contributed by atoms with Crippen LogP contribution in [0.25, 0.3) is 0 Å². The second kappa shape index (κ2) is 7.50. The van der Waals surface area contributed by atoms with Crippen molar-refractivity contribution in [2.24, 2.45) is 0 Å². The van der Waals surface area contributed by atoms with Gasteiger partial charge in [0.15, 0.2) is 0 Å². The van der Waals surface area contributed by atoms with Crippen LogP contribution in [0.4, 0.5) is 5.82 Å². The van der Waals surface area contributed by atoms with E-state index in [9.17, 15) is 0 Å². The Morgan fingerprint density at radius 3 is 2.80 bits per heavy atom. The first kappa shape index (κ1) is 15.1. The predicted octanol–water partition coefficient (Wildman–Crippen LogP) is 4.90. The predicted molar refractivity (Wildman–Crippen MR) is 86.5 cm³/mol. The second-order valence-corrected chi connectivity index (χ2v) is 5.53. The van der Waals surface area contributed by atoms with Gasteiger partial charge in [-0.1, -0.05) is 30.7 Å². The van der Waals surface area contributed by atoms with E-state index in [1.165, 1.54) is 0 Å². The zero-order chi connectivity index (χ0) is 14.4. The molecule has 3 nitrogen and oxygen atoms in total. The Balaban J connectivity index is 2.07. The molecule has 1 aromatic heterocycles. The van der Waals surface area contributed by atoms with Crippen LogP contribution in [0.15, 0.2) is 40.9 Å². The van der Waals surface area contributed by atoms with E-state index in [0.717, 1.165) is 34.7 Å². The maximum absolute atomic E-state index is 6.15. The quantitative estimate of drug-likeness (QED) is 0.800. The summed E-state index contributed by atoms with van der Waals surface area (Å²) in [5, 5.41) is 3.85. The highest BCUT2D eigenvalue weighted by Gasteiger charge is 2.06. The molecule has 0 unspecified atom stereocenters. The minimum Gasteiger partial charge on any atom is -0.486 e. The average molecular weight is 356 g/mol. The summed E-state index contributed by atoms with van der Waals surface area (Å²) in [4.78, 5) is 4.47. The molecule has 20 heavy (non-hydrogen) atoms. The number of hydrogen-bond donors (Lipinski definition) is 1. The van der Waals surface area contributed by atoms with Crippen LogP contribution < -0.4 is 10.1 Å². The SMILES string of the molecule is CCCNc1ccc(Cl)c(COc2ccccc2Br)n1. The van der Waals surface area contributed by atoms with Crippen molar-refractivity contribution in [1.29, 1.82) is 0 Å². The van der Waals surface area contributed by atoms with Crippen LogP contribution in [0, 0.1) is 0 Å². The number of ether oxygens (including phenoxy) is 1. The number of anilines is 1. The third-order valence-electron chi connectivity index (χ3n) is 2.68. The molecule has 0 saturated carbocycles. The first-order chi connectivity index (χ1) is 9.70. The molecule has 0 atom stereocenters. The van der Waals surface area contributed by atoms with E-state index in [0.29, 0.717) is 11.6 Å². The molecule has 106 valence electrons. The fraction of sp³-hybridized carbons (Fsp3) is 0.267. The summed E-state index contributed by atoms with van der Waals surface area (Å²) in [7, 11) is 0. The number of rotatable bonds is 6. The monoisotopic (exact) mass is 354 g/mol. The fourth-order valence-electron chi connectivity index (χ4n) is 1.65. The van der Waals surface area contributed by atoms with Gasteiger partial charge in [-0.3, -0.25) is 0 Å². The van der Waals surface area contributed by atoms with E-state index >= 15 is 0 Å². The molecule has 0 aliphatic heterocycles. The zero-order valence-corrected chi connectivity index (χ0v) is 13.5. The number of hydrogen-bond acceptors (Lipinski definition) is 3. The number of pyridine rings is 1. The van der Waals surface area contributed by atoms with Gasteiger partial charge < -0.3 is 10.1 Å². The summed E-state index contributed by atoms with van der Waals surface area (Å²) in [5.41, 5.74) is 0.725. The van der Waals surface area contributed by atoms with Crippen LogP contribution >= 0.6 is 27.5 Å². The Hall–Kier alpha value is -1.26. The Morgan fingerprint density at radius 1 is 1.25 bits per heavy atom. The third kappa shape index (κ3) is 4.12. The van der Waals surface area contributed by atoms with Gasteiger partial charge in [-0.25, -0.2) is 4.98 Å². The lowest BCUT2D eigenvalue weighted by Crippen LogP contribution is -2.05. The lowest BCUT2D eigenvalue weighted by Gasteiger charge is -2.10. The van der Waals surface area contributed by atoms with E-state index in [2.05, 4.69) is 33.2 Å². The van der Waals surface area contributed by atoms with Crippen LogP contribution in [0.5, 0.6) is 5.75 Å². The number of benzene rings is 1. The molecular weight excluding hydrogens is 340 g/mol. The zero-order valence-electron chi connectivity index (χ0n) is 11.2. The highest BCUT2D eigenvalue weighted by atomic mass is 79.9. The molecule has 1 heterocycles. The van der Waals surface area contributed by atoms with E-state index in [1.54, 1.807) is 0 Å². The lowest BCUT2D eigenvalue weighted by molar-refractivity contribution is 0.299. The number of para-hydroxylation sites is 1. The van der Waals surface area contributed by atoms with Gasteiger partial charge in [0.2, 0.25) is 0 Å². The minimum atomic E-state index is 0.336. The summed E-state index contributed by atoms with van der Waals surface area (Å²) in [5.74, 6) is 1.60. The summed E-state index contributed by atoms with van der Waals surface area (Å²) in [6.07, 6.45) is 1.05. The highest BCUT2D eigenvalue weighted by molar-refractivity contribution is 9.10. The Morgan fingerprint density at radius 2 is 2.05 bits per heavy atom. The molecule has 0 radical (unpaired) electrons. The van der Waals surface area contributed by atoms with E-state index in [1.807, 2.05) is 36.4 Å². The van der Waals surface area contributed by atoms with Gasteiger partial charge in [-0.15, -0.1) is 0 Å². The van der Waals surface area contributed by atoms with Gasteiger partial charge in [0.1, 0.15) is 18.2 Å². The standard InChI is InChI=1S/C15H16BrClN2O/c1-2-9-18-15-8-7-12(17)13(19-15)10-20-14-6-4-3-5-11(14)16/h3-8H,2,9-10H2,1H3,(H,18,19). The maximum atomic E-state index is 6.15. The van der Waals surface area contributed by atoms with Crippen molar-refractivity contribution in [3.8, 4) is 5.75 Å². The van der Waals surface area contributed by atoms with Crippen LogP contribution in [0.1, 0.15) is 19.0 Å². The van der Waals surface area contributed by atoms with E-state index in [4.69, 9.17) is 16.3 Å². The molecule has 0 bridgehead atoms. The summed E-state index contributed by atoms with van der Waals surface area (Å²) in [6.45, 7) is 3.34. The van der Waals surface area contributed by atoms with Crippen LogP contribution in [0.2, 0.25) is 5.02 Å². The van der Waals surface area contributed by atoms with Gasteiger partial charge in [-0.2, -0.15) is 0 Å². The molecule has 0 aliphatic carbocycles. The van der Waals surface area contributed by atoms with E-state index < -0.39 is 0 Å². The summed E-state index contributed by atoms with van der Waals surface area (Å²) < 4.78 is 6.65. The van der Waals surface area contributed by atoms with Crippen LogP contribution in [0.3, 0.4) is 0 Å². The smallest absolute Gasteiger partial charge is 0.134 e. The van der Waals surface area contributed by atoms with Crippen molar-refractivity contribution >= 4 is 33.3 Å². The molecule has 0 aliphatic rings. The van der Waals surface area contributed by atoms with Crippen molar-refractivity contribution < 1.29 is 4.74 Å². The van der Waals surface area contributed by atoms with Crippen molar-refractivity contribution in [2.75, 3.05) is 11.9 Å². The number of halogens is 2. The Kier molecular flexibility index (Phi) is 5.68. The molecule has 1 aromatic carbocycles. The summed E-state index contributed by atoms with van der Waals surface area (Å²) in [6, 6.07) is 11.4. The minimum absolute atomic E-state index is 0.336. The van der Waals surface area contributed by atoms with E-state index in [-0.39, 0.29) is 0 Å². The normalized spacial score (nSPS) is 10.3. The maximum Gasteiger partial charge on any atom is 0.134 e. The fourth-order valence-corrected chi connectivity index (χ4v) is 2.20. The molecular formula is C15H16BrClN2O. The molecule has 1 N–H and O–H groups in total. The largest absolute Gasteiger partial charge is 0.486 e. The van der Waals surface area contributed by atoms with Gasteiger partial charge in [-0.05, 0) is 46.6 Å². The molecule has 5 heteroatoms. The highest BCUT2D eigenvalue weighted by Crippen LogP contribution is 2.26. The van der Waals surface area contributed by atoms with Crippen LogP contribution in [-0.4, -0.2) is 11.5 Å². The molecule has 2 aromatic rings. The Bertz CT molecular complexity index is 578. The molecule has 2 rings (SSSR count). The topological polar surface area (TPSA) is 34.1 Å². The van der Waals surface area contributed by atoms with Gasteiger partial charge in [0.25, 0.3) is 0 Å². The molecule has 0 amide bonds. The number of nitrogens with one attached hydrogen (secondary N) is 1. The molecule has 0 fully saturated rings. The van der Waals surface area contributed by atoms with Gasteiger partial charge >= 0.3 is 0 Å². The Labute approximate surface area is 132 Å². The van der Waals surface area contributed by atoms with Crippen molar-refractivity contribution in [1.82, 2.24) is 4.98 Å². The summed E-state index contributed by atoms with van der Waals surface area (Å²) >= 11 is 9.60. The molecule has 0 spiro atoms. The third-order valence-corrected chi connectivity index (χ3v) is 3.68. The first-order valence-corrected chi connectivity index (χ1v) is 7.64. The van der Waals surface area contributed by atoms with Crippen molar-refractivity contribution in [2.45, 2.75) is 20.0 Å². The first-order valence-electron chi connectivity index (χ1n) is 6.47. The average Bonchev–Trinajstić information content (AvgIpc) is 2.46. The number of aromatic nitrogens is 1. The number of nitrogens with zero attached hydrogens (tertiary/aromatic N) is 1.